The molecule has 2 aromatic rings. The molecule has 0 heterocycles. The summed E-state index contributed by atoms with van der Waals surface area (Å²) in [6, 6.07) is 11.3. The molecule has 0 aliphatic heterocycles. The van der Waals surface area contributed by atoms with Crippen molar-refractivity contribution in [2.45, 2.75) is 46.2 Å². The summed E-state index contributed by atoms with van der Waals surface area (Å²) in [4.78, 5) is 12.1. The molecule has 0 aromatic heterocycles. The van der Waals surface area contributed by atoms with Gasteiger partial charge in [-0.15, -0.1) is 0 Å². The number of benzene rings is 2. The van der Waals surface area contributed by atoms with Crippen LogP contribution in [-0.2, 0) is 28.5 Å². The Morgan fingerprint density at radius 1 is 1.00 bits per heavy atom. The van der Waals surface area contributed by atoms with E-state index in [-0.39, 0.29) is 23.0 Å². The normalized spacial score (nSPS) is 11.8. The van der Waals surface area contributed by atoms with E-state index in [9.17, 15) is 13.2 Å². The minimum atomic E-state index is -3.42. The average molecular weight is 438 g/mol. The van der Waals surface area contributed by atoms with Gasteiger partial charge >= 0.3 is 6.03 Å². The van der Waals surface area contributed by atoms with E-state index in [1.165, 1.54) is 5.56 Å². The number of nitrogens with one attached hydrogen (secondary N) is 3. The van der Waals surface area contributed by atoms with Gasteiger partial charge in [0.25, 0.3) is 0 Å². The van der Waals surface area contributed by atoms with E-state index in [1.807, 2.05) is 12.1 Å². The van der Waals surface area contributed by atoms with E-state index in [0.29, 0.717) is 17.8 Å². The molecule has 158 valence electrons. The first-order chi connectivity index (χ1) is 13.3. The lowest BCUT2D eigenvalue weighted by atomic mass is 9.87. The summed E-state index contributed by atoms with van der Waals surface area (Å²) in [6.07, 6.45) is 1.07. The number of halogens is 1. The summed E-state index contributed by atoms with van der Waals surface area (Å²) in [7, 11) is -3.42. The van der Waals surface area contributed by atoms with Crippen molar-refractivity contribution in [2.24, 2.45) is 0 Å². The highest BCUT2D eigenvalue weighted by atomic mass is 35.5. The molecule has 2 amide bonds. The Labute approximate surface area is 178 Å². The molecule has 6 nitrogen and oxygen atoms in total. The molecule has 0 fully saturated rings. The van der Waals surface area contributed by atoms with Crippen LogP contribution in [0.15, 0.2) is 36.4 Å². The zero-order valence-corrected chi connectivity index (χ0v) is 19.0. The highest BCUT2D eigenvalue weighted by Crippen LogP contribution is 2.28. The summed E-state index contributed by atoms with van der Waals surface area (Å²) in [6.45, 7) is 8.92. The highest BCUT2D eigenvalue weighted by Gasteiger charge is 2.13. The Morgan fingerprint density at radius 3 is 2.03 bits per heavy atom. The monoisotopic (exact) mass is 437 g/mol. The van der Waals surface area contributed by atoms with Gasteiger partial charge in [0.2, 0.25) is 10.0 Å². The molecule has 0 saturated heterocycles. The van der Waals surface area contributed by atoms with E-state index in [4.69, 9.17) is 11.6 Å². The third-order valence-corrected chi connectivity index (χ3v) is 5.23. The lowest BCUT2D eigenvalue weighted by Gasteiger charge is -2.19. The molecule has 2 aromatic carbocycles. The molecule has 3 N–H and O–H groups in total. The maximum atomic E-state index is 12.1. The summed E-state index contributed by atoms with van der Waals surface area (Å²) in [5.41, 5.74) is 4.15. The third-order valence-electron chi connectivity index (χ3n) is 4.36. The molecular formula is C21H28ClN3O3S. The smallest absolute Gasteiger partial charge is 0.315 e. The summed E-state index contributed by atoms with van der Waals surface area (Å²) < 4.78 is 25.3. The quantitative estimate of drug-likeness (QED) is 0.629. The molecule has 29 heavy (non-hydrogen) atoms. The van der Waals surface area contributed by atoms with Crippen LogP contribution in [-0.4, -0.2) is 20.7 Å². The van der Waals surface area contributed by atoms with Crippen LogP contribution in [0.1, 0.15) is 43.0 Å². The number of amides is 2. The number of urea groups is 1. The molecule has 8 heteroatoms. The SMILES string of the molecule is Cc1cc(CNC(=O)NCc2ccc(C(C)(C)C)cc2)cc(Cl)c1NS(C)(=O)=O. The number of carbonyl (C=O) groups is 1. The number of hydrogen-bond donors (Lipinski definition) is 3. The first kappa shape index (κ1) is 23.0. The second-order valence-corrected chi connectivity index (χ2v) is 10.3. The van der Waals surface area contributed by atoms with Gasteiger partial charge in [0.05, 0.1) is 17.0 Å². The maximum Gasteiger partial charge on any atom is 0.315 e. The topological polar surface area (TPSA) is 87.3 Å². The van der Waals surface area contributed by atoms with Crippen LogP contribution in [0, 0.1) is 6.92 Å². The number of anilines is 1. The van der Waals surface area contributed by atoms with Crippen LogP contribution in [0.3, 0.4) is 0 Å². The van der Waals surface area contributed by atoms with Crippen molar-refractivity contribution in [1.29, 1.82) is 0 Å². The van der Waals surface area contributed by atoms with E-state index in [1.54, 1.807) is 19.1 Å². The van der Waals surface area contributed by atoms with Crippen LogP contribution in [0.4, 0.5) is 10.5 Å². The number of aryl methyl sites for hydroxylation is 1. The second-order valence-electron chi connectivity index (χ2n) is 8.13. The van der Waals surface area contributed by atoms with Crippen molar-refractivity contribution in [3.05, 3.63) is 63.7 Å². The fraction of sp³-hybridized carbons (Fsp3) is 0.381. The van der Waals surface area contributed by atoms with Crippen LogP contribution in [0.5, 0.6) is 0 Å². The summed E-state index contributed by atoms with van der Waals surface area (Å²) >= 11 is 6.19. The molecular weight excluding hydrogens is 410 g/mol. The van der Waals surface area contributed by atoms with Crippen LogP contribution in [0.2, 0.25) is 5.02 Å². The zero-order chi connectivity index (χ0) is 21.8. The van der Waals surface area contributed by atoms with Gasteiger partial charge in [-0.05, 0) is 40.7 Å². The largest absolute Gasteiger partial charge is 0.334 e. The molecule has 2 rings (SSSR count). The first-order valence-electron chi connectivity index (χ1n) is 9.23. The van der Waals surface area contributed by atoms with E-state index >= 15 is 0 Å². The van der Waals surface area contributed by atoms with Crippen LogP contribution in [0.25, 0.3) is 0 Å². The zero-order valence-electron chi connectivity index (χ0n) is 17.4. The van der Waals surface area contributed by atoms with Crippen LogP contribution < -0.4 is 15.4 Å². The first-order valence-corrected chi connectivity index (χ1v) is 11.5. The lowest BCUT2D eigenvalue weighted by Crippen LogP contribution is -2.34. The molecule has 0 unspecified atom stereocenters. The van der Waals surface area contributed by atoms with Crippen molar-refractivity contribution >= 4 is 33.3 Å². The maximum absolute atomic E-state index is 12.1. The number of hydrogen-bond acceptors (Lipinski definition) is 3. The Hall–Kier alpha value is -2.25. The number of carbonyl (C=O) groups excluding carboxylic acids is 1. The van der Waals surface area contributed by atoms with Crippen molar-refractivity contribution in [1.82, 2.24) is 10.6 Å². The summed E-state index contributed by atoms with van der Waals surface area (Å²) in [5.74, 6) is 0. The number of sulfonamides is 1. The number of rotatable bonds is 6. The summed E-state index contributed by atoms with van der Waals surface area (Å²) in [5, 5.41) is 5.89. The Bertz CT molecular complexity index is 958. The van der Waals surface area contributed by atoms with Gasteiger partial charge in [-0.2, -0.15) is 0 Å². The molecule has 0 radical (unpaired) electrons. The highest BCUT2D eigenvalue weighted by molar-refractivity contribution is 7.92. The second kappa shape index (κ2) is 9.05. The van der Waals surface area contributed by atoms with Gasteiger partial charge in [-0.3, -0.25) is 4.72 Å². The van der Waals surface area contributed by atoms with E-state index in [2.05, 4.69) is 48.3 Å². The third kappa shape index (κ3) is 7.25. The fourth-order valence-electron chi connectivity index (χ4n) is 2.78. The molecule has 0 saturated carbocycles. The van der Waals surface area contributed by atoms with Gasteiger partial charge in [0.1, 0.15) is 0 Å². The molecule has 0 atom stereocenters. The van der Waals surface area contributed by atoms with Crippen molar-refractivity contribution in [3.8, 4) is 0 Å². The predicted molar refractivity (Wildman–Crippen MR) is 119 cm³/mol. The molecule has 0 aliphatic carbocycles. The van der Waals surface area contributed by atoms with Crippen LogP contribution >= 0.6 is 11.6 Å². The van der Waals surface area contributed by atoms with Crippen molar-refractivity contribution in [3.63, 3.8) is 0 Å². The molecule has 0 spiro atoms. The van der Waals surface area contributed by atoms with Crippen molar-refractivity contribution in [2.75, 3.05) is 11.0 Å². The standard InChI is InChI=1S/C21H28ClN3O3S/c1-14-10-16(11-18(22)19(14)25-29(5,27)28)13-24-20(26)23-12-15-6-8-17(9-7-15)21(2,3)4/h6-11,25H,12-13H2,1-5H3,(H2,23,24,26). The van der Waals surface area contributed by atoms with E-state index in [0.717, 1.165) is 17.4 Å². The Kier molecular flexibility index (Phi) is 7.19. The van der Waals surface area contributed by atoms with Gasteiger partial charge in [0, 0.05) is 13.1 Å². The van der Waals surface area contributed by atoms with E-state index < -0.39 is 10.0 Å². The van der Waals surface area contributed by atoms with Gasteiger partial charge in [0.15, 0.2) is 0 Å². The lowest BCUT2D eigenvalue weighted by molar-refractivity contribution is 0.240. The minimum Gasteiger partial charge on any atom is -0.334 e. The Morgan fingerprint density at radius 2 is 1.55 bits per heavy atom. The fourth-order valence-corrected chi connectivity index (χ4v) is 3.82. The Balaban J connectivity index is 1.91. The van der Waals surface area contributed by atoms with Crippen molar-refractivity contribution < 1.29 is 13.2 Å². The predicted octanol–water partition coefficient (Wildman–Crippen LogP) is 4.32. The average Bonchev–Trinajstić information content (AvgIpc) is 2.60. The molecule has 0 bridgehead atoms. The van der Waals surface area contributed by atoms with Gasteiger partial charge in [-0.1, -0.05) is 62.7 Å². The minimum absolute atomic E-state index is 0.0924. The van der Waals surface area contributed by atoms with Gasteiger partial charge < -0.3 is 10.6 Å². The molecule has 0 aliphatic rings. The van der Waals surface area contributed by atoms with Gasteiger partial charge in [-0.25, -0.2) is 13.2 Å².